The van der Waals surface area contributed by atoms with Crippen LogP contribution in [-0.4, -0.2) is 43.1 Å². The maximum atomic E-state index is 5.37. The van der Waals surface area contributed by atoms with Crippen LogP contribution in [0.3, 0.4) is 0 Å². The highest BCUT2D eigenvalue weighted by molar-refractivity contribution is 5.79. The Morgan fingerprint density at radius 3 is 2.27 bits per heavy atom. The maximum Gasteiger partial charge on any atom is 0.205 e. The summed E-state index contributed by atoms with van der Waals surface area (Å²) in [4.78, 5) is 6.54. The van der Waals surface area contributed by atoms with Crippen molar-refractivity contribution in [2.24, 2.45) is 10.8 Å². The summed E-state index contributed by atoms with van der Waals surface area (Å²) in [7, 11) is 4.09. The fourth-order valence-electron chi connectivity index (χ4n) is 0.820. The van der Waals surface area contributed by atoms with Crippen molar-refractivity contribution < 1.29 is 0 Å². The molecule has 0 heterocycles. The molecule has 0 radical (unpaired) electrons. The lowest BCUT2D eigenvalue weighted by Crippen LogP contribution is -2.47. The van der Waals surface area contributed by atoms with Crippen LogP contribution < -0.4 is 16.6 Å². The zero-order valence-corrected chi connectivity index (χ0v) is 10.8. The van der Waals surface area contributed by atoms with Gasteiger partial charge < -0.3 is 10.2 Å². The summed E-state index contributed by atoms with van der Waals surface area (Å²) in [5, 5.41) is 3.14. The van der Waals surface area contributed by atoms with Gasteiger partial charge in [-0.2, -0.15) is 0 Å². The summed E-state index contributed by atoms with van der Waals surface area (Å²) in [6, 6.07) is 0.322. The molecule has 0 saturated heterocycles. The Hall–Kier alpha value is -0.810. The summed E-state index contributed by atoms with van der Waals surface area (Å²) < 4.78 is 0. The molecule has 5 heteroatoms. The van der Waals surface area contributed by atoms with Crippen molar-refractivity contribution in [3.63, 3.8) is 0 Å². The van der Waals surface area contributed by atoms with Crippen LogP contribution in [0.4, 0.5) is 0 Å². The van der Waals surface area contributed by atoms with Crippen LogP contribution >= 0.6 is 0 Å². The van der Waals surface area contributed by atoms with Crippen LogP contribution in [0.25, 0.3) is 0 Å². The third kappa shape index (κ3) is 5.59. The summed E-state index contributed by atoms with van der Waals surface area (Å²) >= 11 is 0. The average molecular weight is 215 g/mol. The molecule has 0 unspecified atom stereocenters. The molecule has 4 N–H and O–H groups in total. The first kappa shape index (κ1) is 14.2. The predicted octanol–water partition coefficient (Wildman–Crippen LogP) is 0.144. The molecule has 0 fully saturated rings. The van der Waals surface area contributed by atoms with Gasteiger partial charge in [0.25, 0.3) is 0 Å². The largest absolute Gasteiger partial charge is 0.353 e. The standard InChI is InChI=1S/C10H25N5/c1-8(2)13-9(14-11)12-7-10(3,4)15(5)6/h8H,7,11H2,1-6H3,(H2,12,13,14). The molecule has 0 aromatic heterocycles. The molecule has 90 valence electrons. The number of hydrogen-bond donors (Lipinski definition) is 3. The maximum absolute atomic E-state index is 5.37. The van der Waals surface area contributed by atoms with Crippen LogP contribution in [0.1, 0.15) is 27.7 Å². The Labute approximate surface area is 93.1 Å². The second-order valence-corrected chi connectivity index (χ2v) is 4.82. The molecular weight excluding hydrogens is 190 g/mol. The molecule has 0 bridgehead atoms. The molecule has 0 aliphatic rings. The fraction of sp³-hybridized carbons (Fsp3) is 0.900. The molecule has 0 aliphatic carbocycles. The van der Waals surface area contributed by atoms with Crippen LogP contribution in [0, 0.1) is 0 Å². The minimum Gasteiger partial charge on any atom is -0.353 e. The van der Waals surface area contributed by atoms with Crippen molar-refractivity contribution in [3.05, 3.63) is 0 Å². The van der Waals surface area contributed by atoms with E-state index < -0.39 is 0 Å². The fourth-order valence-corrected chi connectivity index (χ4v) is 0.820. The monoisotopic (exact) mass is 215 g/mol. The van der Waals surface area contributed by atoms with Crippen molar-refractivity contribution >= 4 is 5.96 Å². The van der Waals surface area contributed by atoms with Crippen molar-refractivity contribution in [3.8, 4) is 0 Å². The van der Waals surface area contributed by atoms with E-state index in [0.29, 0.717) is 18.5 Å². The third-order valence-electron chi connectivity index (χ3n) is 2.40. The number of hydrogen-bond acceptors (Lipinski definition) is 3. The molecular formula is C10H25N5. The van der Waals surface area contributed by atoms with Crippen LogP contribution in [-0.2, 0) is 0 Å². The lowest BCUT2D eigenvalue weighted by Gasteiger charge is -2.31. The van der Waals surface area contributed by atoms with E-state index in [1.165, 1.54) is 0 Å². The number of rotatable bonds is 4. The minimum absolute atomic E-state index is 0.0285. The van der Waals surface area contributed by atoms with Crippen molar-refractivity contribution in [2.45, 2.75) is 39.3 Å². The second-order valence-electron chi connectivity index (χ2n) is 4.82. The van der Waals surface area contributed by atoms with Gasteiger partial charge in [-0.15, -0.1) is 0 Å². The molecule has 0 aromatic rings. The number of likely N-dealkylation sites (N-methyl/N-ethyl adjacent to an activating group) is 1. The predicted molar refractivity (Wildman–Crippen MR) is 65.7 cm³/mol. The van der Waals surface area contributed by atoms with Gasteiger partial charge in [-0.3, -0.25) is 10.4 Å². The lowest BCUT2D eigenvalue weighted by molar-refractivity contribution is 0.204. The van der Waals surface area contributed by atoms with E-state index >= 15 is 0 Å². The molecule has 0 rings (SSSR count). The Kier molecular flexibility index (Phi) is 5.60. The van der Waals surface area contributed by atoms with E-state index in [9.17, 15) is 0 Å². The van der Waals surface area contributed by atoms with Gasteiger partial charge in [0.15, 0.2) is 0 Å². The topological polar surface area (TPSA) is 65.7 Å². The molecule has 0 amide bonds. The zero-order valence-electron chi connectivity index (χ0n) is 10.8. The minimum atomic E-state index is 0.0285. The Bertz CT molecular complexity index is 208. The molecule has 0 aliphatic heterocycles. The molecule has 0 saturated carbocycles. The molecule has 0 spiro atoms. The van der Waals surface area contributed by atoms with E-state index in [-0.39, 0.29) is 5.54 Å². The van der Waals surface area contributed by atoms with E-state index in [1.807, 2.05) is 27.9 Å². The van der Waals surface area contributed by atoms with Gasteiger partial charge in [-0.25, -0.2) is 5.84 Å². The molecule has 5 nitrogen and oxygen atoms in total. The number of guanidine groups is 1. The van der Waals surface area contributed by atoms with Crippen molar-refractivity contribution in [1.29, 1.82) is 0 Å². The zero-order chi connectivity index (χ0) is 12.1. The summed E-state index contributed by atoms with van der Waals surface area (Å²) in [5.41, 5.74) is 2.59. The van der Waals surface area contributed by atoms with Crippen LogP contribution in [0.5, 0.6) is 0 Å². The van der Waals surface area contributed by atoms with E-state index in [1.54, 1.807) is 0 Å². The number of nitrogens with one attached hydrogen (secondary N) is 2. The SMILES string of the molecule is CC(C)NC(=NCC(C)(C)N(C)C)NN. The Balaban J connectivity index is 4.33. The van der Waals surface area contributed by atoms with Crippen LogP contribution in [0.15, 0.2) is 4.99 Å². The normalized spacial score (nSPS) is 13.5. The van der Waals surface area contributed by atoms with E-state index in [2.05, 4.69) is 34.5 Å². The Morgan fingerprint density at radius 2 is 1.93 bits per heavy atom. The van der Waals surface area contributed by atoms with Crippen molar-refractivity contribution in [1.82, 2.24) is 15.6 Å². The summed E-state index contributed by atoms with van der Waals surface area (Å²) in [5.74, 6) is 6.01. The molecule has 0 aromatic carbocycles. The van der Waals surface area contributed by atoms with Gasteiger partial charge >= 0.3 is 0 Å². The second kappa shape index (κ2) is 5.92. The smallest absolute Gasteiger partial charge is 0.205 e. The van der Waals surface area contributed by atoms with Gasteiger partial charge in [0.2, 0.25) is 5.96 Å². The highest BCUT2D eigenvalue weighted by Gasteiger charge is 2.19. The summed E-state index contributed by atoms with van der Waals surface area (Å²) in [6.07, 6.45) is 0. The van der Waals surface area contributed by atoms with E-state index in [4.69, 9.17) is 5.84 Å². The molecule has 15 heavy (non-hydrogen) atoms. The third-order valence-corrected chi connectivity index (χ3v) is 2.40. The van der Waals surface area contributed by atoms with Gasteiger partial charge in [-0.1, -0.05) is 0 Å². The first-order chi connectivity index (χ1) is 6.79. The first-order valence-corrected chi connectivity index (χ1v) is 5.24. The number of hydrazine groups is 1. The van der Waals surface area contributed by atoms with Crippen molar-refractivity contribution in [2.75, 3.05) is 20.6 Å². The van der Waals surface area contributed by atoms with Crippen LogP contribution in [0.2, 0.25) is 0 Å². The number of nitrogens with zero attached hydrogens (tertiary/aromatic N) is 2. The highest BCUT2D eigenvalue weighted by Crippen LogP contribution is 2.09. The van der Waals surface area contributed by atoms with Gasteiger partial charge in [0, 0.05) is 11.6 Å². The average Bonchev–Trinajstić information content (AvgIpc) is 2.11. The highest BCUT2D eigenvalue weighted by atomic mass is 15.3. The lowest BCUT2D eigenvalue weighted by atomic mass is 10.1. The first-order valence-electron chi connectivity index (χ1n) is 5.24. The van der Waals surface area contributed by atoms with E-state index in [0.717, 1.165) is 0 Å². The number of aliphatic imine (C=N–C) groups is 1. The van der Waals surface area contributed by atoms with Gasteiger partial charge in [0.1, 0.15) is 0 Å². The quantitative estimate of drug-likeness (QED) is 0.270. The van der Waals surface area contributed by atoms with Gasteiger partial charge in [0.05, 0.1) is 6.54 Å². The number of nitrogens with two attached hydrogens (primary N) is 1. The molecule has 0 atom stereocenters. The van der Waals surface area contributed by atoms with Gasteiger partial charge in [-0.05, 0) is 41.8 Å². The Morgan fingerprint density at radius 1 is 1.40 bits per heavy atom. The summed E-state index contributed by atoms with van der Waals surface area (Å²) in [6.45, 7) is 9.06.